The molecule has 1 unspecified atom stereocenters. The SMILES string of the molecule is CCn1nc(C)c(Cl)c1CC(N)c1ccc(I)c(Cl)c1. The largest absolute Gasteiger partial charge is 0.324 e. The molecule has 108 valence electrons. The summed E-state index contributed by atoms with van der Waals surface area (Å²) >= 11 is 14.7. The summed E-state index contributed by atoms with van der Waals surface area (Å²) in [6.45, 7) is 4.73. The van der Waals surface area contributed by atoms with Crippen molar-refractivity contribution in [2.24, 2.45) is 5.73 Å². The number of aromatic nitrogens is 2. The van der Waals surface area contributed by atoms with Crippen LogP contribution in [0.1, 0.15) is 29.9 Å². The molecule has 6 heteroatoms. The van der Waals surface area contributed by atoms with E-state index in [9.17, 15) is 0 Å². The standard InChI is InChI=1S/C14H16Cl2IN3/c1-3-20-13(14(16)8(2)19-20)7-12(18)9-4-5-11(17)10(15)6-9/h4-6,12H,3,7,18H2,1-2H3. The van der Waals surface area contributed by atoms with Crippen LogP contribution in [0.2, 0.25) is 10.0 Å². The van der Waals surface area contributed by atoms with Crippen LogP contribution in [0, 0.1) is 10.5 Å². The van der Waals surface area contributed by atoms with Crippen molar-refractivity contribution in [3.05, 3.63) is 48.8 Å². The average molecular weight is 424 g/mol. The van der Waals surface area contributed by atoms with Gasteiger partial charge in [0.1, 0.15) is 0 Å². The van der Waals surface area contributed by atoms with Gasteiger partial charge in [-0.3, -0.25) is 4.68 Å². The molecule has 0 radical (unpaired) electrons. The van der Waals surface area contributed by atoms with Gasteiger partial charge in [-0.05, 0) is 54.1 Å². The van der Waals surface area contributed by atoms with Gasteiger partial charge in [-0.2, -0.15) is 5.10 Å². The monoisotopic (exact) mass is 423 g/mol. The second-order valence-corrected chi connectivity index (χ2v) is 6.59. The Hall–Kier alpha value is -0.300. The molecule has 1 atom stereocenters. The first-order chi connectivity index (χ1) is 9.43. The van der Waals surface area contributed by atoms with Crippen molar-refractivity contribution in [1.29, 1.82) is 0 Å². The van der Waals surface area contributed by atoms with E-state index < -0.39 is 0 Å². The fourth-order valence-corrected chi connectivity index (χ4v) is 2.87. The van der Waals surface area contributed by atoms with Crippen LogP contribution in [0.15, 0.2) is 18.2 Å². The van der Waals surface area contributed by atoms with Crippen LogP contribution in [-0.2, 0) is 13.0 Å². The zero-order chi connectivity index (χ0) is 14.9. The van der Waals surface area contributed by atoms with E-state index in [0.29, 0.717) is 11.4 Å². The van der Waals surface area contributed by atoms with Gasteiger partial charge in [0, 0.05) is 22.6 Å². The summed E-state index contributed by atoms with van der Waals surface area (Å²) in [5.41, 5.74) is 9.12. The fraction of sp³-hybridized carbons (Fsp3) is 0.357. The zero-order valence-electron chi connectivity index (χ0n) is 11.3. The zero-order valence-corrected chi connectivity index (χ0v) is 15.0. The van der Waals surface area contributed by atoms with Gasteiger partial charge in [0.15, 0.2) is 0 Å². The number of nitrogens with zero attached hydrogens (tertiary/aromatic N) is 2. The van der Waals surface area contributed by atoms with Crippen LogP contribution in [0.25, 0.3) is 0 Å². The lowest BCUT2D eigenvalue weighted by atomic mass is 10.0. The van der Waals surface area contributed by atoms with E-state index in [2.05, 4.69) is 27.7 Å². The minimum atomic E-state index is -0.150. The predicted octanol–water partition coefficient (Wildman–Crippen LogP) is 4.37. The lowest BCUT2D eigenvalue weighted by Gasteiger charge is -2.14. The Morgan fingerprint density at radius 1 is 1.40 bits per heavy atom. The Morgan fingerprint density at radius 3 is 2.70 bits per heavy atom. The first kappa shape index (κ1) is 16.1. The third-order valence-corrected chi connectivity index (χ3v) is 5.30. The summed E-state index contributed by atoms with van der Waals surface area (Å²) in [6, 6.07) is 5.75. The summed E-state index contributed by atoms with van der Waals surface area (Å²) in [5, 5.41) is 5.84. The van der Waals surface area contributed by atoms with E-state index >= 15 is 0 Å². The molecule has 0 saturated heterocycles. The maximum absolute atomic E-state index is 6.31. The molecule has 0 spiro atoms. The molecule has 0 aliphatic carbocycles. The molecule has 2 N–H and O–H groups in total. The predicted molar refractivity (Wildman–Crippen MR) is 92.4 cm³/mol. The summed E-state index contributed by atoms with van der Waals surface area (Å²) in [6.07, 6.45) is 0.643. The molecule has 0 bridgehead atoms. The molecule has 3 nitrogen and oxygen atoms in total. The second kappa shape index (κ2) is 6.64. The molecule has 2 rings (SSSR count). The molecule has 2 aromatic rings. The van der Waals surface area contributed by atoms with Crippen molar-refractivity contribution >= 4 is 45.8 Å². The number of hydrogen-bond donors (Lipinski definition) is 1. The van der Waals surface area contributed by atoms with Crippen molar-refractivity contribution in [3.63, 3.8) is 0 Å². The lowest BCUT2D eigenvalue weighted by molar-refractivity contribution is 0.587. The van der Waals surface area contributed by atoms with E-state index in [-0.39, 0.29) is 6.04 Å². The number of aryl methyl sites for hydroxylation is 2. The Balaban J connectivity index is 2.27. The molecule has 0 aliphatic rings. The number of hydrogen-bond acceptors (Lipinski definition) is 2. The number of rotatable bonds is 4. The van der Waals surface area contributed by atoms with E-state index in [1.807, 2.05) is 36.7 Å². The van der Waals surface area contributed by atoms with Gasteiger partial charge in [0.2, 0.25) is 0 Å². The van der Waals surface area contributed by atoms with E-state index in [4.69, 9.17) is 28.9 Å². The molecule has 1 aromatic carbocycles. The normalized spacial score (nSPS) is 12.7. The minimum absolute atomic E-state index is 0.150. The van der Waals surface area contributed by atoms with Crippen LogP contribution >= 0.6 is 45.8 Å². The highest BCUT2D eigenvalue weighted by molar-refractivity contribution is 14.1. The molecule has 0 amide bonds. The summed E-state index contributed by atoms with van der Waals surface area (Å²) < 4.78 is 2.93. The van der Waals surface area contributed by atoms with Gasteiger partial charge in [-0.15, -0.1) is 0 Å². The van der Waals surface area contributed by atoms with Crippen LogP contribution in [0.4, 0.5) is 0 Å². The van der Waals surface area contributed by atoms with E-state index in [1.165, 1.54) is 0 Å². The highest BCUT2D eigenvalue weighted by Gasteiger charge is 2.17. The number of nitrogens with two attached hydrogens (primary N) is 1. The summed E-state index contributed by atoms with van der Waals surface area (Å²) in [4.78, 5) is 0. The highest BCUT2D eigenvalue weighted by Crippen LogP contribution is 2.27. The minimum Gasteiger partial charge on any atom is -0.324 e. The molecule has 20 heavy (non-hydrogen) atoms. The Bertz CT molecular complexity index is 625. The molecule has 0 fully saturated rings. The van der Waals surface area contributed by atoms with E-state index in [0.717, 1.165) is 32.1 Å². The van der Waals surface area contributed by atoms with Gasteiger partial charge in [0.05, 0.1) is 21.4 Å². The van der Waals surface area contributed by atoms with Gasteiger partial charge in [0.25, 0.3) is 0 Å². The third-order valence-electron chi connectivity index (χ3n) is 3.24. The van der Waals surface area contributed by atoms with Gasteiger partial charge in [-0.1, -0.05) is 29.3 Å². The second-order valence-electron chi connectivity index (χ2n) is 4.65. The Kier molecular flexibility index (Phi) is 5.34. The molecule has 1 heterocycles. The van der Waals surface area contributed by atoms with Crippen LogP contribution in [0.3, 0.4) is 0 Å². The number of benzene rings is 1. The van der Waals surface area contributed by atoms with Crippen molar-refractivity contribution in [2.75, 3.05) is 0 Å². The quantitative estimate of drug-likeness (QED) is 0.742. The van der Waals surface area contributed by atoms with Crippen molar-refractivity contribution in [2.45, 2.75) is 32.9 Å². The van der Waals surface area contributed by atoms with Crippen LogP contribution in [-0.4, -0.2) is 9.78 Å². The van der Waals surface area contributed by atoms with Crippen molar-refractivity contribution in [1.82, 2.24) is 9.78 Å². The van der Waals surface area contributed by atoms with Gasteiger partial charge < -0.3 is 5.73 Å². The highest BCUT2D eigenvalue weighted by atomic mass is 127. The third kappa shape index (κ3) is 3.30. The van der Waals surface area contributed by atoms with Crippen molar-refractivity contribution in [3.8, 4) is 0 Å². The average Bonchev–Trinajstić information content (AvgIpc) is 2.69. The first-order valence-electron chi connectivity index (χ1n) is 6.36. The Labute approximate surface area is 142 Å². The topological polar surface area (TPSA) is 43.8 Å². The Morgan fingerprint density at radius 2 is 2.10 bits per heavy atom. The summed E-state index contributed by atoms with van der Waals surface area (Å²) in [7, 11) is 0. The molecule has 1 aromatic heterocycles. The van der Waals surface area contributed by atoms with Crippen molar-refractivity contribution < 1.29 is 0 Å². The van der Waals surface area contributed by atoms with Gasteiger partial charge >= 0.3 is 0 Å². The maximum atomic E-state index is 6.31. The maximum Gasteiger partial charge on any atom is 0.0847 e. The molecular formula is C14H16Cl2IN3. The lowest BCUT2D eigenvalue weighted by Crippen LogP contribution is -2.16. The number of halogens is 3. The molecule has 0 saturated carbocycles. The molecular weight excluding hydrogens is 408 g/mol. The first-order valence-corrected chi connectivity index (χ1v) is 8.19. The van der Waals surface area contributed by atoms with Crippen LogP contribution < -0.4 is 5.73 Å². The van der Waals surface area contributed by atoms with Crippen LogP contribution in [0.5, 0.6) is 0 Å². The molecule has 0 aliphatic heterocycles. The van der Waals surface area contributed by atoms with Gasteiger partial charge in [-0.25, -0.2) is 0 Å². The fourth-order valence-electron chi connectivity index (χ4n) is 2.13. The summed E-state index contributed by atoms with van der Waals surface area (Å²) in [5.74, 6) is 0. The van der Waals surface area contributed by atoms with E-state index in [1.54, 1.807) is 0 Å². The smallest absolute Gasteiger partial charge is 0.0847 e.